The summed E-state index contributed by atoms with van der Waals surface area (Å²) in [6.07, 6.45) is 28.9. The fraction of sp³-hybridized carbons (Fsp3) is 0.545. The van der Waals surface area contributed by atoms with Gasteiger partial charge < -0.3 is 10.3 Å². The van der Waals surface area contributed by atoms with Crippen molar-refractivity contribution in [2.45, 2.75) is 140 Å². The highest BCUT2D eigenvalue weighted by Gasteiger charge is 2.18. The number of hydrogen-bond donors (Lipinski definition) is 2. The second-order valence-corrected chi connectivity index (χ2v) is 11.6. The van der Waals surface area contributed by atoms with Gasteiger partial charge in [0, 0.05) is 23.6 Å². The first-order valence-corrected chi connectivity index (χ1v) is 19.1. The standard InChI is InChI=1S/C33H44N4.C4H6.C3H8.2C2H6/c1-5-8-9-12-24(4)32-33(37-23-36-32)27-15-16-31-30(21-27)29(11-7-3)28(22-35-31)14-13-25(10-6-2)26-17-19-34-20-18-26;1-3-4-2;1-3-2;2*1-2/h8-9,12-13,15-16,21-23,26,34H,5-7,10-11,14,17-20H2,1-4H3,(H,36,37);1H,4H2,2H3;3H2,1-2H3;2*1-2H3/b9-8-,24-12+,25-13+;;;;. The predicted octanol–water partition coefficient (Wildman–Crippen LogP) is 12.7. The molecule has 0 radical (unpaired) electrons. The summed E-state index contributed by atoms with van der Waals surface area (Å²) in [5, 5.41) is 4.80. The third-order valence-corrected chi connectivity index (χ3v) is 7.78. The van der Waals surface area contributed by atoms with Crippen molar-refractivity contribution < 1.29 is 0 Å². The molecule has 3 aromatic rings. The number of nitrogens with zero attached hydrogens (tertiary/aromatic N) is 2. The number of benzene rings is 1. The van der Waals surface area contributed by atoms with E-state index in [4.69, 9.17) is 11.4 Å². The Hall–Kier alpha value is -3.42. The van der Waals surface area contributed by atoms with Gasteiger partial charge in [0.1, 0.15) is 0 Å². The number of aryl methyl sites for hydroxylation is 1. The minimum Gasteiger partial charge on any atom is -0.344 e. The highest BCUT2D eigenvalue weighted by Crippen LogP contribution is 2.32. The summed E-state index contributed by atoms with van der Waals surface area (Å²) < 4.78 is 0. The average molecular weight is 655 g/mol. The molecule has 1 aliphatic rings. The van der Waals surface area contributed by atoms with Crippen LogP contribution in [0.25, 0.3) is 27.7 Å². The maximum absolute atomic E-state index is 4.90. The molecule has 0 aliphatic carbocycles. The Balaban J connectivity index is 0.00000178. The molecule has 1 fully saturated rings. The van der Waals surface area contributed by atoms with Crippen LogP contribution in [-0.4, -0.2) is 28.0 Å². The van der Waals surface area contributed by atoms with E-state index in [9.17, 15) is 0 Å². The van der Waals surface area contributed by atoms with Crippen LogP contribution in [0.3, 0.4) is 0 Å². The van der Waals surface area contributed by atoms with Crippen molar-refractivity contribution >= 4 is 16.5 Å². The Morgan fingerprint density at radius 1 is 0.979 bits per heavy atom. The molecule has 2 N–H and O–H groups in total. The number of rotatable bonds is 11. The zero-order valence-electron chi connectivity index (χ0n) is 32.7. The van der Waals surface area contributed by atoms with E-state index in [0.717, 1.165) is 73.6 Å². The van der Waals surface area contributed by atoms with E-state index in [2.05, 4.69) is 111 Å². The lowest BCUT2D eigenvalue weighted by Gasteiger charge is -2.25. The molecule has 1 saturated heterocycles. The van der Waals surface area contributed by atoms with Crippen LogP contribution in [0.1, 0.15) is 144 Å². The number of hydrogen-bond acceptors (Lipinski definition) is 3. The Labute approximate surface area is 296 Å². The summed E-state index contributed by atoms with van der Waals surface area (Å²) in [7, 11) is 0. The SMILES string of the molecule is C#CCC.CC.CC.CC/C=C\C=C(/C)c1nc[nH]c1-c1ccc2ncc(C/C=C(\CCC)C3CCNCC3)c(CCC)c2c1.CCC. The summed E-state index contributed by atoms with van der Waals surface area (Å²) in [6.45, 7) is 25.3. The normalized spacial score (nSPS) is 13.2. The first-order chi connectivity index (χ1) is 23.5. The fourth-order valence-corrected chi connectivity index (χ4v) is 5.60. The van der Waals surface area contributed by atoms with Crippen LogP contribution in [0.15, 0.2) is 60.6 Å². The van der Waals surface area contributed by atoms with Gasteiger partial charge in [-0.3, -0.25) is 4.98 Å². The third kappa shape index (κ3) is 15.2. The topological polar surface area (TPSA) is 53.6 Å². The molecule has 0 spiro atoms. The third-order valence-electron chi connectivity index (χ3n) is 7.78. The summed E-state index contributed by atoms with van der Waals surface area (Å²) >= 11 is 0. The van der Waals surface area contributed by atoms with Gasteiger partial charge >= 0.3 is 0 Å². The van der Waals surface area contributed by atoms with Crippen LogP contribution in [0, 0.1) is 18.3 Å². The maximum atomic E-state index is 4.90. The predicted molar refractivity (Wildman–Crippen MR) is 216 cm³/mol. The van der Waals surface area contributed by atoms with Crippen molar-refractivity contribution in [3.8, 4) is 23.6 Å². The monoisotopic (exact) mass is 655 g/mol. The Morgan fingerprint density at radius 3 is 2.23 bits per heavy atom. The van der Waals surface area contributed by atoms with Crippen LogP contribution in [-0.2, 0) is 12.8 Å². The number of aromatic amines is 1. The van der Waals surface area contributed by atoms with E-state index in [-0.39, 0.29) is 0 Å². The first-order valence-electron chi connectivity index (χ1n) is 19.1. The van der Waals surface area contributed by atoms with Gasteiger partial charge in [-0.25, -0.2) is 4.98 Å². The van der Waals surface area contributed by atoms with Gasteiger partial charge in [0.05, 0.1) is 23.2 Å². The second kappa shape index (κ2) is 28.6. The van der Waals surface area contributed by atoms with E-state index in [1.165, 1.54) is 54.2 Å². The quantitative estimate of drug-likeness (QED) is 0.123. The van der Waals surface area contributed by atoms with Gasteiger partial charge in [-0.05, 0) is 93.3 Å². The first kappa shape index (κ1) is 44.6. The molecule has 1 aromatic carbocycles. The minimum absolute atomic E-state index is 0.734. The fourth-order valence-electron chi connectivity index (χ4n) is 5.60. The molecule has 1 aliphatic heterocycles. The molecular weight excluding hydrogens is 585 g/mol. The number of aromatic nitrogens is 3. The van der Waals surface area contributed by atoms with Gasteiger partial charge in [0.15, 0.2) is 0 Å². The van der Waals surface area contributed by atoms with Crippen LogP contribution in [0.4, 0.5) is 0 Å². The van der Waals surface area contributed by atoms with Crippen LogP contribution >= 0.6 is 0 Å². The van der Waals surface area contributed by atoms with Gasteiger partial charge in [-0.1, -0.05) is 124 Å². The number of allylic oxidation sites excluding steroid dienone is 6. The number of pyridine rings is 1. The number of imidazole rings is 1. The molecule has 266 valence electrons. The molecular formula is C44H70N4. The van der Waals surface area contributed by atoms with E-state index in [0.29, 0.717) is 0 Å². The van der Waals surface area contributed by atoms with E-state index >= 15 is 0 Å². The lowest BCUT2D eigenvalue weighted by atomic mass is 9.86. The molecule has 0 amide bonds. The zero-order valence-corrected chi connectivity index (χ0v) is 32.7. The lowest BCUT2D eigenvalue weighted by molar-refractivity contribution is 0.409. The number of fused-ring (bicyclic) bond motifs is 1. The highest BCUT2D eigenvalue weighted by molar-refractivity contribution is 5.89. The summed E-state index contributed by atoms with van der Waals surface area (Å²) in [5.41, 5.74) is 9.96. The van der Waals surface area contributed by atoms with Gasteiger partial charge in [-0.15, -0.1) is 12.3 Å². The molecule has 4 heteroatoms. The Bertz CT molecular complexity index is 1380. The smallest absolute Gasteiger partial charge is 0.0932 e. The van der Waals surface area contributed by atoms with E-state index in [1.54, 1.807) is 11.9 Å². The summed E-state index contributed by atoms with van der Waals surface area (Å²) in [5.74, 6) is 3.16. The van der Waals surface area contributed by atoms with E-state index < -0.39 is 0 Å². The van der Waals surface area contributed by atoms with Crippen molar-refractivity contribution in [2.75, 3.05) is 13.1 Å². The van der Waals surface area contributed by atoms with Crippen molar-refractivity contribution in [1.82, 2.24) is 20.3 Å². The summed E-state index contributed by atoms with van der Waals surface area (Å²) in [4.78, 5) is 13.0. The van der Waals surface area contributed by atoms with Crippen LogP contribution in [0.5, 0.6) is 0 Å². The largest absolute Gasteiger partial charge is 0.344 e. The maximum Gasteiger partial charge on any atom is 0.0932 e. The lowest BCUT2D eigenvalue weighted by Crippen LogP contribution is -2.28. The van der Waals surface area contributed by atoms with Gasteiger partial charge in [0.2, 0.25) is 0 Å². The molecule has 0 atom stereocenters. The molecule has 48 heavy (non-hydrogen) atoms. The van der Waals surface area contributed by atoms with Crippen molar-refractivity contribution in [2.24, 2.45) is 5.92 Å². The minimum atomic E-state index is 0.734. The second-order valence-electron chi connectivity index (χ2n) is 11.6. The van der Waals surface area contributed by atoms with Crippen LogP contribution < -0.4 is 5.32 Å². The number of H-pyrrole nitrogens is 1. The average Bonchev–Trinajstić information content (AvgIpc) is 3.64. The van der Waals surface area contributed by atoms with Crippen molar-refractivity contribution in [1.29, 1.82) is 0 Å². The van der Waals surface area contributed by atoms with Crippen molar-refractivity contribution in [3.63, 3.8) is 0 Å². The molecule has 3 heterocycles. The molecule has 2 aromatic heterocycles. The zero-order chi connectivity index (χ0) is 36.2. The number of nitrogens with one attached hydrogen (secondary N) is 2. The van der Waals surface area contributed by atoms with Gasteiger partial charge in [-0.2, -0.15) is 0 Å². The number of piperidine rings is 1. The Morgan fingerprint density at radius 2 is 1.65 bits per heavy atom. The molecule has 0 unspecified atom stereocenters. The number of terminal acetylenes is 1. The van der Waals surface area contributed by atoms with Crippen LogP contribution in [0.2, 0.25) is 0 Å². The van der Waals surface area contributed by atoms with Gasteiger partial charge in [0.25, 0.3) is 0 Å². The molecule has 4 rings (SSSR count). The summed E-state index contributed by atoms with van der Waals surface area (Å²) in [6, 6.07) is 6.67. The molecule has 4 nitrogen and oxygen atoms in total. The molecule has 0 bridgehead atoms. The molecule has 0 saturated carbocycles. The Kier molecular flexibility index (Phi) is 26.5. The highest BCUT2D eigenvalue weighted by atomic mass is 14.9. The van der Waals surface area contributed by atoms with Crippen molar-refractivity contribution in [3.05, 3.63) is 77.4 Å². The van der Waals surface area contributed by atoms with E-state index in [1.807, 2.05) is 34.6 Å².